The standard InChI is InChI=1S/C8H14F2N2O/c1-12-5-4-11-6(8(12)13)2-3-7(9)10/h6-7,11H,2-5H2,1H3. The van der Waals surface area contributed by atoms with Crippen molar-refractivity contribution in [3.8, 4) is 0 Å². The fourth-order valence-corrected chi connectivity index (χ4v) is 1.39. The summed E-state index contributed by atoms with van der Waals surface area (Å²) in [5.74, 6) is -0.0769. The number of hydrogen-bond donors (Lipinski definition) is 1. The van der Waals surface area contributed by atoms with Gasteiger partial charge in [-0.25, -0.2) is 8.78 Å². The molecule has 1 amide bonds. The number of rotatable bonds is 3. The monoisotopic (exact) mass is 192 g/mol. The molecule has 0 spiro atoms. The molecular formula is C8H14F2N2O. The lowest BCUT2D eigenvalue weighted by Gasteiger charge is -2.30. The van der Waals surface area contributed by atoms with Gasteiger partial charge in [-0.1, -0.05) is 0 Å². The summed E-state index contributed by atoms with van der Waals surface area (Å²) in [5.41, 5.74) is 0. The molecule has 1 rings (SSSR count). The Kier molecular flexibility index (Phi) is 3.59. The minimum Gasteiger partial charge on any atom is -0.343 e. The van der Waals surface area contributed by atoms with Gasteiger partial charge in [0.2, 0.25) is 12.3 Å². The van der Waals surface area contributed by atoms with Crippen LogP contribution in [-0.4, -0.2) is 43.4 Å². The Morgan fingerprint density at radius 3 is 3.00 bits per heavy atom. The molecule has 1 aliphatic rings. The first kappa shape index (κ1) is 10.4. The van der Waals surface area contributed by atoms with E-state index in [0.29, 0.717) is 13.1 Å². The van der Waals surface area contributed by atoms with Gasteiger partial charge in [0.25, 0.3) is 0 Å². The third-order valence-electron chi connectivity index (χ3n) is 2.19. The van der Waals surface area contributed by atoms with Gasteiger partial charge < -0.3 is 10.2 Å². The SMILES string of the molecule is CN1CCNC(CCC(F)F)C1=O. The molecule has 0 aliphatic carbocycles. The van der Waals surface area contributed by atoms with Crippen molar-refractivity contribution in [2.45, 2.75) is 25.3 Å². The van der Waals surface area contributed by atoms with Crippen LogP contribution in [0.4, 0.5) is 8.78 Å². The zero-order valence-electron chi connectivity index (χ0n) is 7.59. The maximum atomic E-state index is 11.9. The van der Waals surface area contributed by atoms with E-state index in [4.69, 9.17) is 0 Å². The molecule has 13 heavy (non-hydrogen) atoms. The van der Waals surface area contributed by atoms with E-state index in [1.165, 1.54) is 0 Å². The molecule has 0 saturated carbocycles. The third kappa shape index (κ3) is 2.91. The van der Waals surface area contributed by atoms with Crippen molar-refractivity contribution in [1.82, 2.24) is 10.2 Å². The number of carbonyl (C=O) groups excluding carboxylic acids is 1. The average Bonchev–Trinajstić information content (AvgIpc) is 2.07. The van der Waals surface area contributed by atoms with Crippen molar-refractivity contribution in [3.63, 3.8) is 0 Å². The van der Waals surface area contributed by atoms with Crippen molar-refractivity contribution >= 4 is 5.91 Å². The summed E-state index contributed by atoms with van der Waals surface area (Å²) in [7, 11) is 1.69. The van der Waals surface area contributed by atoms with Gasteiger partial charge in [0.15, 0.2) is 0 Å². The molecule has 1 aliphatic heterocycles. The number of piperazine rings is 1. The van der Waals surface area contributed by atoms with Gasteiger partial charge in [-0.3, -0.25) is 4.79 Å². The Labute approximate surface area is 76.1 Å². The molecule has 1 atom stereocenters. The Balaban J connectivity index is 2.35. The van der Waals surface area contributed by atoms with E-state index in [9.17, 15) is 13.6 Å². The van der Waals surface area contributed by atoms with Crippen LogP contribution in [0, 0.1) is 0 Å². The summed E-state index contributed by atoms with van der Waals surface area (Å²) >= 11 is 0. The van der Waals surface area contributed by atoms with Crippen LogP contribution in [0.5, 0.6) is 0 Å². The van der Waals surface area contributed by atoms with Crippen LogP contribution < -0.4 is 5.32 Å². The highest BCUT2D eigenvalue weighted by atomic mass is 19.3. The summed E-state index contributed by atoms with van der Waals surface area (Å²) < 4.78 is 23.7. The molecule has 0 aromatic heterocycles. The average molecular weight is 192 g/mol. The van der Waals surface area contributed by atoms with Crippen LogP contribution in [0.2, 0.25) is 0 Å². The maximum absolute atomic E-state index is 11.9. The molecule has 0 aromatic carbocycles. The fourth-order valence-electron chi connectivity index (χ4n) is 1.39. The highest BCUT2D eigenvalue weighted by Gasteiger charge is 2.26. The highest BCUT2D eigenvalue weighted by molar-refractivity contribution is 5.82. The molecule has 5 heteroatoms. The number of alkyl halides is 2. The Hall–Kier alpha value is -0.710. The first-order valence-electron chi connectivity index (χ1n) is 4.38. The van der Waals surface area contributed by atoms with Crippen LogP contribution in [0.1, 0.15) is 12.8 Å². The lowest BCUT2D eigenvalue weighted by atomic mass is 10.1. The molecule has 1 unspecified atom stereocenters. The summed E-state index contributed by atoms with van der Waals surface area (Å²) in [6.45, 7) is 1.35. The van der Waals surface area contributed by atoms with Crippen molar-refractivity contribution in [1.29, 1.82) is 0 Å². The van der Waals surface area contributed by atoms with Crippen LogP contribution in [0.15, 0.2) is 0 Å². The lowest BCUT2D eigenvalue weighted by Crippen LogP contribution is -2.53. The van der Waals surface area contributed by atoms with Gasteiger partial charge in [0.1, 0.15) is 0 Å². The molecule has 3 nitrogen and oxygen atoms in total. The van der Waals surface area contributed by atoms with E-state index in [1.54, 1.807) is 11.9 Å². The number of likely N-dealkylation sites (N-methyl/N-ethyl adjacent to an activating group) is 1. The van der Waals surface area contributed by atoms with Gasteiger partial charge in [0.05, 0.1) is 6.04 Å². The van der Waals surface area contributed by atoms with E-state index < -0.39 is 12.5 Å². The van der Waals surface area contributed by atoms with E-state index in [2.05, 4.69) is 5.32 Å². The van der Waals surface area contributed by atoms with E-state index >= 15 is 0 Å². The van der Waals surface area contributed by atoms with Gasteiger partial charge >= 0.3 is 0 Å². The molecule has 76 valence electrons. The first-order valence-corrected chi connectivity index (χ1v) is 4.38. The minimum absolute atomic E-state index is 0.0769. The molecular weight excluding hydrogens is 178 g/mol. The van der Waals surface area contributed by atoms with Crippen LogP contribution >= 0.6 is 0 Å². The number of amides is 1. The smallest absolute Gasteiger partial charge is 0.239 e. The van der Waals surface area contributed by atoms with Gasteiger partial charge in [-0.2, -0.15) is 0 Å². The summed E-state index contributed by atoms with van der Waals surface area (Å²) in [6.07, 6.45) is -2.31. The number of nitrogens with one attached hydrogen (secondary N) is 1. The topological polar surface area (TPSA) is 32.3 Å². The zero-order valence-corrected chi connectivity index (χ0v) is 7.59. The van der Waals surface area contributed by atoms with Gasteiger partial charge in [-0.05, 0) is 6.42 Å². The largest absolute Gasteiger partial charge is 0.343 e. The number of halogens is 2. The molecule has 1 N–H and O–H groups in total. The summed E-state index contributed by atoms with van der Waals surface area (Å²) in [6, 6.07) is -0.409. The minimum atomic E-state index is -2.32. The second-order valence-electron chi connectivity index (χ2n) is 3.23. The van der Waals surface area contributed by atoms with Crippen molar-refractivity contribution in [2.75, 3.05) is 20.1 Å². The second kappa shape index (κ2) is 4.50. The zero-order chi connectivity index (χ0) is 9.84. The van der Waals surface area contributed by atoms with Crippen molar-refractivity contribution < 1.29 is 13.6 Å². The molecule has 1 fully saturated rings. The fraction of sp³-hybridized carbons (Fsp3) is 0.875. The third-order valence-corrected chi connectivity index (χ3v) is 2.19. The molecule has 1 heterocycles. The molecule has 0 radical (unpaired) electrons. The van der Waals surface area contributed by atoms with E-state index in [-0.39, 0.29) is 18.7 Å². The number of carbonyl (C=O) groups is 1. The number of hydrogen-bond acceptors (Lipinski definition) is 2. The quantitative estimate of drug-likeness (QED) is 0.704. The first-order chi connectivity index (χ1) is 6.11. The van der Waals surface area contributed by atoms with E-state index in [1.807, 2.05) is 0 Å². The Bertz CT molecular complexity index is 187. The molecule has 1 saturated heterocycles. The Morgan fingerprint density at radius 1 is 1.69 bits per heavy atom. The normalized spacial score (nSPS) is 24.2. The summed E-state index contributed by atoms with van der Waals surface area (Å²) in [5, 5.41) is 2.93. The van der Waals surface area contributed by atoms with Gasteiger partial charge in [-0.15, -0.1) is 0 Å². The lowest BCUT2D eigenvalue weighted by molar-refractivity contribution is -0.134. The van der Waals surface area contributed by atoms with E-state index in [0.717, 1.165) is 0 Å². The van der Waals surface area contributed by atoms with Gasteiger partial charge in [0, 0.05) is 26.6 Å². The summed E-state index contributed by atoms with van der Waals surface area (Å²) in [4.78, 5) is 12.9. The van der Waals surface area contributed by atoms with Crippen LogP contribution in [0.3, 0.4) is 0 Å². The van der Waals surface area contributed by atoms with Crippen LogP contribution in [0.25, 0.3) is 0 Å². The maximum Gasteiger partial charge on any atom is 0.239 e. The van der Waals surface area contributed by atoms with Crippen molar-refractivity contribution in [2.24, 2.45) is 0 Å². The second-order valence-corrected chi connectivity index (χ2v) is 3.23. The number of nitrogens with zero attached hydrogens (tertiary/aromatic N) is 1. The van der Waals surface area contributed by atoms with Crippen LogP contribution in [-0.2, 0) is 4.79 Å². The van der Waals surface area contributed by atoms with Crippen molar-refractivity contribution in [3.05, 3.63) is 0 Å². The molecule has 0 bridgehead atoms. The Morgan fingerprint density at radius 2 is 2.38 bits per heavy atom. The highest BCUT2D eigenvalue weighted by Crippen LogP contribution is 2.09. The predicted molar refractivity (Wildman–Crippen MR) is 44.7 cm³/mol. The molecule has 0 aromatic rings. The predicted octanol–water partition coefficient (Wildman–Crippen LogP) is 0.462.